The Morgan fingerprint density at radius 3 is 2.93 bits per heavy atom. The smallest absolute Gasteiger partial charge is 0.315 e. The van der Waals surface area contributed by atoms with Gasteiger partial charge in [-0.3, -0.25) is 10.0 Å². The van der Waals surface area contributed by atoms with Crippen molar-refractivity contribution < 1.29 is 10.0 Å². The monoisotopic (exact) mass is 204 g/mol. The Morgan fingerprint density at radius 1 is 1.47 bits per heavy atom. The molecule has 0 unspecified atom stereocenters. The van der Waals surface area contributed by atoms with Crippen molar-refractivity contribution in [3.05, 3.63) is 36.2 Å². The van der Waals surface area contributed by atoms with E-state index in [9.17, 15) is 10.0 Å². The third-order valence-corrected chi connectivity index (χ3v) is 2.05. The average Bonchev–Trinajstić information content (AvgIpc) is 2.29. The van der Waals surface area contributed by atoms with Crippen LogP contribution in [0.5, 0.6) is 0 Å². The average molecular weight is 204 g/mol. The lowest BCUT2D eigenvalue weighted by Gasteiger charge is -2.24. The summed E-state index contributed by atoms with van der Waals surface area (Å²) in [6, 6.07) is 6.94. The van der Waals surface area contributed by atoms with Gasteiger partial charge in [0.25, 0.3) is 0 Å². The Labute approximate surface area is 85.3 Å². The van der Waals surface area contributed by atoms with E-state index in [1.807, 2.05) is 0 Å². The number of hydrogen-bond acceptors (Lipinski definition) is 5. The van der Waals surface area contributed by atoms with E-state index in [1.54, 1.807) is 24.3 Å². The molecule has 0 atom stereocenters. The van der Waals surface area contributed by atoms with Crippen LogP contribution in [0.4, 0.5) is 11.4 Å². The third-order valence-electron chi connectivity index (χ3n) is 2.05. The summed E-state index contributed by atoms with van der Waals surface area (Å²) in [5.74, 6) is -0.806. The highest BCUT2D eigenvalue weighted by atomic mass is 16.5. The van der Waals surface area contributed by atoms with Crippen molar-refractivity contribution in [3.63, 3.8) is 0 Å². The molecule has 1 heterocycles. The summed E-state index contributed by atoms with van der Waals surface area (Å²) in [4.78, 5) is 11.1. The standard InChI is InChI=1S/C9H8N4O2/c10-12-9(14)8-5-11-6-3-1-2-4-7(6)13(8)15/h1-5,10-11,15H. The van der Waals surface area contributed by atoms with Crippen molar-refractivity contribution in [2.45, 2.75) is 0 Å². The molecule has 0 aliphatic carbocycles. The molecule has 1 aliphatic rings. The second-order valence-electron chi connectivity index (χ2n) is 2.92. The first-order valence-corrected chi connectivity index (χ1v) is 4.20. The molecule has 0 spiro atoms. The Morgan fingerprint density at radius 2 is 2.20 bits per heavy atom. The lowest BCUT2D eigenvalue weighted by Crippen LogP contribution is -2.27. The number of benzene rings is 1. The van der Waals surface area contributed by atoms with Crippen LogP contribution in [0.15, 0.2) is 41.3 Å². The zero-order chi connectivity index (χ0) is 10.8. The fourth-order valence-electron chi connectivity index (χ4n) is 1.33. The van der Waals surface area contributed by atoms with Crippen molar-refractivity contribution in [2.75, 3.05) is 10.4 Å². The summed E-state index contributed by atoms with van der Waals surface area (Å²) in [5.41, 5.74) is 7.64. The highest BCUT2D eigenvalue weighted by Crippen LogP contribution is 2.30. The van der Waals surface area contributed by atoms with Gasteiger partial charge in [0.15, 0.2) is 5.70 Å². The van der Waals surface area contributed by atoms with Gasteiger partial charge in [0.05, 0.1) is 11.4 Å². The highest BCUT2D eigenvalue weighted by Gasteiger charge is 2.22. The maximum Gasteiger partial charge on any atom is 0.315 e. The number of hydroxylamine groups is 1. The van der Waals surface area contributed by atoms with Gasteiger partial charge in [0.1, 0.15) is 0 Å². The second kappa shape index (κ2) is 3.50. The number of hydrogen-bond donors (Lipinski definition) is 3. The number of anilines is 2. The third kappa shape index (κ3) is 1.46. The summed E-state index contributed by atoms with van der Waals surface area (Å²) in [7, 11) is 0. The number of carbonyl (C=O) groups excluding carboxylic acids is 1. The molecule has 15 heavy (non-hydrogen) atoms. The fraction of sp³-hybridized carbons (Fsp3) is 0. The normalized spacial score (nSPS) is 13.7. The van der Waals surface area contributed by atoms with Crippen LogP contribution in [0.1, 0.15) is 0 Å². The molecule has 0 bridgehead atoms. The van der Waals surface area contributed by atoms with Gasteiger partial charge in [0.2, 0.25) is 0 Å². The Kier molecular flexibility index (Phi) is 2.18. The van der Waals surface area contributed by atoms with Crippen LogP contribution in [-0.2, 0) is 4.79 Å². The molecule has 1 aliphatic heterocycles. The van der Waals surface area contributed by atoms with Crippen molar-refractivity contribution in [1.82, 2.24) is 0 Å². The van der Waals surface area contributed by atoms with Crippen LogP contribution < -0.4 is 10.4 Å². The predicted octanol–water partition coefficient (Wildman–Crippen LogP) is 1.71. The predicted molar refractivity (Wildman–Crippen MR) is 52.6 cm³/mol. The molecule has 0 fully saturated rings. The SMILES string of the molecule is N=NC(=O)C1=CNc2ccccc2N1O. The number of fused-ring (bicyclic) bond motifs is 1. The van der Waals surface area contributed by atoms with Crippen molar-refractivity contribution >= 4 is 17.3 Å². The van der Waals surface area contributed by atoms with E-state index in [4.69, 9.17) is 5.53 Å². The zero-order valence-corrected chi connectivity index (χ0v) is 7.64. The first kappa shape index (κ1) is 9.35. The van der Waals surface area contributed by atoms with Crippen LogP contribution in [0.2, 0.25) is 0 Å². The summed E-state index contributed by atoms with van der Waals surface area (Å²) in [5, 5.41) is 16.0. The van der Waals surface area contributed by atoms with Gasteiger partial charge in [0, 0.05) is 6.20 Å². The maximum atomic E-state index is 11.1. The van der Waals surface area contributed by atoms with Crippen LogP contribution in [-0.4, -0.2) is 11.1 Å². The Balaban J connectivity index is 2.41. The molecule has 2 rings (SSSR count). The van der Waals surface area contributed by atoms with E-state index in [2.05, 4.69) is 10.4 Å². The molecule has 6 nitrogen and oxygen atoms in total. The molecular weight excluding hydrogens is 196 g/mol. The van der Waals surface area contributed by atoms with Gasteiger partial charge in [-0.25, -0.2) is 10.6 Å². The Bertz CT molecular complexity index is 455. The van der Waals surface area contributed by atoms with Gasteiger partial charge in [-0.05, 0) is 12.1 Å². The molecule has 0 aromatic heterocycles. The molecule has 6 heteroatoms. The molecule has 1 amide bonds. The van der Waals surface area contributed by atoms with E-state index in [0.29, 0.717) is 16.4 Å². The van der Waals surface area contributed by atoms with Crippen LogP contribution in [0, 0.1) is 5.53 Å². The van der Waals surface area contributed by atoms with Gasteiger partial charge in [-0.1, -0.05) is 12.1 Å². The minimum atomic E-state index is -0.806. The molecule has 0 radical (unpaired) electrons. The van der Waals surface area contributed by atoms with E-state index in [-0.39, 0.29) is 5.70 Å². The molecule has 0 saturated heterocycles. The van der Waals surface area contributed by atoms with Gasteiger partial charge in [-0.2, -0.15) is 0 Å². The number of para-hydroxylation sites is 2. The molecule has 0 saturated carbocycles. The van der Waals surface area contributed by atoms with Crippen LogP contribution in [0.25, 0.3) is 0 Å². The van der Waals surface area contributed by atoms with E-state index in [1.165, 1.54) is 6.20 Å². The molecule has 76 valence electrons. The molecule has 1 aromatic rings. The lowest BCUT2D eigenvalue weighted by molar-refractivity contribution is -0.115. The lowest BCUT2D eigenvalue weighted by atomic mass is 10.2. The second-order valence-corrected chi connectivity index (χ2v) is 2.92. The first-order chi connectivity index (χ1) is 7.24. The number of rotatable bonds is 1. The molecule has 1 aromatic carbocycles. The van der Waals surface area contributed by atoms with E-state index in [0.717, 1.165) is 0 Å². The topological polar surface area (TPSA) is 88.8 Å². The largest absolute Gasteiger partial charge is 0.358 e. The van der Waals surface area contributed by atoms with E-state index < -0.39 is 5.91 Å². The minimum absolute atomic E-state index is 0.0799. The van der Waals surface area contributed by atoms with Gasteiger partial charge >= 0.3 is 5.91 Å². The summed E-state index contributed by atoms with van der Waals surface area (Å²) in [6.07, 6.45) is 1.31. The van der Waals surface area contributed by atoms with Crippen LogP contribution >= 0.6 is 0 Å². The van der Waals surface area contributed by atoms with Crippen molar-refractivity contribution in [1.29, 1.82) is 5.53 Å². The number of amides is 1. The number of nitrogens with one attached hydrogen (secondary N) is 2. The molecule has 3 N–H and O–H groups in total. The van der Waals surface area contributed by atoms with Gasteiger partial charge < -0.3 is 5.32 Å². The number of nitrogens with zero attached hydrogens (tertiary/aromatic N) is 2. The van der Waals surface area contributed by atoms with E-state index >= 15 is 0 Å². The van der Waals surface area contributed by atoms with Crippen molar-refractivity contribution in [2.24, 2.45) is 5.11 Å². The zero-order valence-electron chi connectivity index (χ0n) is 7.64. The minimum Gasteiger partial charge on any atom is -0.358 e. The van der Waals surface area contributed by atoms with Gasteiger partial charge in [-0.15, -0.1) is 5.11 Å². The molecular formula is C9H8N4O2. The maximum absolute atomic E-state index is 11.1. The summed E-state index contributed by atoms with van der Waals surface area (Å²) >= 11 is 0. The highest BCUT2D eigenvalue weighted by molar-refractivity contribution is 5.99. The Hall–Kier alpha value is -2.21. The summed E-state index contributed by atoms with van der Waals surface area (Å²) < 4.78 is 0. The first-order valence-electron chi connectivity index (χ1n) is 4.20. The fourth-order valence-corrected chi connectivity index (χ4v) is 1.33. The summed E-state index contributed by atoms with van der Waals surface area (Å²) in [6.45, 7) is 0. The number of carbonyl (C=O) groups is 1. The van der Waals surface area contributed by atoms with Crippen molar-refractivity contribution in [3.8, 4) is 0 Å². The van der Waals surface area contributed by atoms with Crippen LogP contribution in [0.3, 0.4) is 0 Å². The quantitative estimate of drug-likeness (QED) is 0.607.